The van der Waals surface area contributed by atoms with Crippen molar-refractivity contribution in [1.82, 2.24) is 0 Å². The first-order valence-corrected chi connectivity index (χ1v) is 7.61. The molecule has 0 fully saturated rings. The van der Waals surface area contributed by atoms with Crippen LogP contribution in [0.4, 0.5) is 10.1 Å². The van der Waals surface area contributed by atoms with Crippen molar-refractivity contribution >= 4 is 29.1 Å². The van der Waals surface area contributed by atoms with E-state index < -0.39 is 0 Å². The monoisotopic (exact) mass is 309 g/mol. The number of benzene rings is 2. The largest absolute Gasteiger partial charge is 0.489 e. The number of fused-ring (bicyclic) bond motifs is 1. The molecule has 0 aliphatic carbocycles. The lowest BCUT2D eigenvalue weighted by Crippen LogP contribution is -2.15. The van der Waals surface area contributed by atoms with Crippen LogP contribution in [0.2, 0.25) is 5.02 Å². The van der Waals surface area contributed by atoms with Crippen LogP contribution in [0.3, 0.4) is 0 Å². The van der Waals surface area contributed by atoms with Crippen molar-refractivity contribution in [3.63, 3.8) is 0 Å². The van der Waals surface area contributed by atoms with E-state index in [0.717, 1.165) is 28.4 Å². The Morgan fingerprint density at radius 2 is 2.15 bits per heavy atom. The molecule has 2 N–H and O–H groups in total. The van der Waals surface area contributed by atoms with E-state index >= 15 is 0 Å². The number of ether oxygens (including phenoxy) is 1. The number of thioether (sulfide) groups is 1. The fourth-order valence-corrected chi connectivity index (χ4v) is 3.45. The minimum Gasteiger partial charge on any atom is -0.489 e. The van der Waals surface area contributed by atoms with Gasteiger partial charge in [-0.25, -0.2) is 4.39 Å². The third-order valence-corrected chi connectivity index (χ3v) is 4.77. The number of nitrogen functional groups attached to an aromatic ring is 1. The smallest absolute Gasteiger partial charge is 0.123 e. The van der Waals surface area contributed by atoms with Crippen molar-refractivity contribution in [3.8, 4) is 5.75 Å². The Hall–Kier alpha value is -1.39. The second kappa shape index (κ2) is 5.54. The highest BCUT2D eigenvalue weighted by Crippen LogP contribution is 2.34. The average Bonchev–Trinajstić information content (AvgIpc) is 2.81. The van der Waals surface area contributed by atoms with Crippen molar-refractivity contribution in [2.75, 3.05) is 11.5 Å². The van der Waals surface area contributed by atoms with Gasteiger partial charge in [0.1, 0.15) is 17.7 Å². The Bertz CT molecular complexity index is 650. The molecule has 1 atom stereocenters. The molecule has 1 aliphatic rings. The summed E-state index contributed by atoms with van der Waals surface area (Å²) in [5, 5.41) is 0.686. The molecule has 104 valence electrons. The average molecular weight is 310 g/mol. The molecule has 20 heavy (non-hydrogen) atoms. The van der Waals surface area contributed by atoms with E-state index in [0.29, 0.717) is 10.7 Å². The van der Waals surface area contributed by atoms with Crippen LogP contribution in [0, 0.1) is 5.82 Å². The van der Waals surface area contributed by atoms with Crippen LogP contribution in [0.1, 0.15) is 5.56 Å². The Morgan fingerprint density at radius 3 is 3.00 bits per heavy atom. The summed E-state index contributed by atoms with van der Waals surface area (Å²) in [6.45, 7) is 0. The maximum absolute atomic E-state index is 13.1. The van der Waals surface area contributed by atoms with Crippen LogP contribution >= 0.6 is 23.4 Å². The Kier molecular flexibility index (Phi) is 3.76. The molecule has 1 unspecified atom stereocenters. The molecule has 0 bridgehead atoms. The lowest BCUT2D eigenvalue weighted by Gasteiger charge is -2.11. The summed E-state index contributed by atoms with van der Waals surface area (Å²) in [5.74, 6) is 1.30. The third-order valence-electron chi connectivity index (χ3n) is 3.14. The van der Waals surface area contributed by atoms with Crippen molar-refractivity contribution in [2.24, 2.45) is 0 Å². The van der Waals surface area contributed by atoms with Gasteiger partial charge in [0.25, 0.3) is 0 Å². The molecular weight excluding hydrogens is 297 g/mol. The lowest BCUT2D eigenvalue weighted by atomic mass is 10.1. The van der Waals surface area contributed by atoms with Gasteiger partial charge in [-0.3, -0.25) is 0 Å². The van der Waals surface area contributed by atoms with Crippen LogP contribution < -0.4 is 10.5 Å². The van der Waals surface area contributed by atoms with E-state index in [1.807, 2.05) is 6.07 Å². The van der Waals surface area contributed by atoms with Gasteiger partial charge < -0.3 is 10.5 Å². The molecule has 2 nitrogen and oxygen atoms in total. The Labute approximate surface area is 126 Å². The van der Waals surface area contributed by atoms with E-state index in [4.69, 9.17) is 22.1 Å². The number of hydrogen-bond acceptors (Lipinski definition) is 3. The van der Waals surface area contributed by atoms with Crippen molar-refractivity contribution < 1.29 is 9.13 Å². The van der Waals surface area contributed by atoms with Gasteiger partial charge in [-0.1, -0.05) is 11.6 Å². The van der Waals surface area contributed by atoms with Crippen molar-refractivity contribution in [1.29, 1.82) is 0 Å². The minimum atomic E-state index is -0.223. The van der Waals surface area contributed by atoms with Crippen LogP contribution in [-0.4, -0.2) is 11.9 Å². The summed E-state index contributed by atoms with van der Waals surface area (Å²) in [7, 11) is 0. The van der Waals surface area contributed by atoms with Gasteiger partial charge in [-0.2, -0.15) is 0 Å². The maximum atomic E-state index is 13.1. The van der Waals surface area contributed by atoms with Crippen LogP contribution in [0.5, 0.6) is 5.75 Å². The molecule has 5 heteroatoms. The Morgan fingerprint density at radius 1 is 1.30 bits per heavy atom. The van der Waals surface area contributed by atoms with Crippen LogP contribution in [-0.2, 0) is 6.42 Å². The molecule has 0 spiro atoms. The molecule has 1 heterocycles. The highest BCUT2D eigenvalue weighted by Gasteiger charge is 2.23. The molecule has 0 saturated carbocycles. The van der Waals surface area contributed by atoms with E-state index in [-0.39, 0.29) is 11.9 Å². The second-order valence-electron chi connectivity index (χ2n) is 4.70. The zero-order valence-electron chi connectivity index (χ0n) is 10.6. The summed E-state index contributed by atoms with van der Waals surface area (Å²) in [4.78, 5) is 0.942. The van der Waals surface area contributed by atoms with E-state index in [1.54, 1.807) is 30.0 Å². The van der Waals surface area contributed by atoms with Gasteiger partial charge in [0.2, 0.25) is 0 Å². The van der Waals surface area contributed by atoms with Gasteiger partial charge in [0.15, 0.2) is 0 Å². The first-order chi connectivity index (χ1) is 9.61. The normalized spacial score (nSPS) is 16.8. The fraction of sp³-hybridized carbons (Fsp3) is 0.200. The zero-order chi connectivity index (χ0) is 14.1. The number of hydrogen-bond donors (Lipinski definition) is 1. The van der Waals surface area contributed by atoms with Crippen LogP contribution in [0.25, 0.3) is 0 Å². The number of nitrogens with two attached hydrogens (primary N) is 1. The van der Waals surface area contributed by atoms with Crippen molar-refractivity contribution in [2.45, 2.75) is 17.4 Å². The van der Waals surface area contributed by atoms with Gasteiger partial charge in [-0.05, 0) is 36.4 Å². The molecule has 0 saturated heterocycles. The second-order valence-corrected chi connectivity index (χ2v) is 6.17. The quantitative estimate of drug-likeness (QED) is 0.683. The van der Waals surface area contributed by atoms with Gasteiger partial charge in [0.05, 0.1) is 5.02 Å². The summed E-state index contributed by atoms with van der Waals surface area (Å²) in [6, 6.07) is 10.1. The number of halogens is 2. The predicted molar refractivity (Wildman–Crippen MR) is 81.1 cm³/mol. The topological polar surface area (TPSA) is 35.2 Å². The number of anilines is 1. The fourth-order valence-electron chi connectivity index (χ4n) is 2.20. The SMILES string of the molecule is Nc1ccc(Cl)c(SCC2Cc3cc(F)ccc3O2)c1. The molecule has 3 rings (SSSR count). The van der Waals surface area contributed by atoms with E-state index in [9.17, 15) is 4.39 Å². The molecule has 0 radical (unpaired) electrons. The molecule has 2 aromatic rings. The standard InChI is InChI=1S/C15H13ClFNOS/c16-13-3-2-11(18)7-15(13)20-8-12-6-9-5-10(17)1-4-14(9)19-12/h1-5,7,12H,6,8,18H2. The first kappa shape index (κ1) is 13.6. The van der Waals surface area contributed by atoms with Crippen molar-refractivity contribution in [3.05, 3.63) is 52.8 Å². The molecule has 1 aliphatic heterocycles. The van der Waals surface area contributed by atoms with Gasteiger partial charge >= 0.3 is 0 Å². The summed E-state index contributed by atoms with van der Waals surface area (Å²) < 4.78 is 18.9. The van der Waals surface area contributed by atoms with Crippen LogP contribution in [0.15, 0.2) is 41.3 Å². The molecule has 0 amide bonds. The Balaban J connectivity index is 1.65. The van der Waals surface area contributed by atoms with E-state index in [1.165, 1.54) is 12.1 Å². The minimum absolute atomic E-state index is 0.0364. The summed E-state index contributed by atoms with van der Waals surface area (Å²) >= 11 is 7.73. The summed E-state index contributed by atoms with van der Waals surface area (Å²) in [5.41, 5.74) is 7.37. The van der Waals surface area contributed by atoms with Gasteiger partial charge in [0, 0.05) is 28.3 Å². The highest BCUT2D eigenvalue weighted by atomic mass is 35.5. The summed E-state index contributed by atoms with van der Waals surface area (Å²) in [6.07, 6.45) is 0.759. The highest BCUT2D eigenvalue weighted by molar-refractivity contribution is 7.99. The molecular formula is C15H13ClFNOS. The lowest BCUT2D eigenvalue weighted by molar-refractivity contribution is 0.259. The van der Waals surface area contributed by atoms with E-state index in [2.05, 4.69) is 0 Å². The first-order valence-electron chi connectivity index (χ1n) is 6.25. The van der Waals surface area contributed by atoms with Gasteiger partial charge in [-0.15, -0.1) is 11.8 Å². The maximum Gasteiger partial charge on any atom is 0.123 e. The molecule has 2 aromatic carbocycles. The predicted octanol–water partition coefficient (Wildman–Crippen LogP) is 4.16. The number of rotatable bonds is 3. The third kappa shape index (κ3) is 2.86. The molecule has 0 aromatic heterocycles. The zero-order valence-corrected chi connectivity index (χ0v) is 12.2.